The molecule has 0 bridgehead atoms. The third-order valence-electron chi connectivity index (χ3n) is 4.94. The Hall–Kier alpha value is -2.76. The number of guanidine groups is 1. The second kappa shape index (κ2) is 6.20. The van der Waals surface area contributed by atoms with E-state index in [0.29, 0.717) is 5.56 Å². The molecule has 0 saturated heterocycles. The highest BCUT2D eigenvalue weighted by molar-refractivity contribution is 6.02. The van der Waals surface area contributed by atoms with Gasteiger partial charge in [0.05, 0.1) is 5.92 Å². The molecular formula is C20H21F2N3O. The van der Waals surface area contributed by atoms with E-state index < -0.39 is 17.4 Å². The summed E-state index contributed by atoms with van der Waals surface area (Å²) in [6.45, 7) is 2.69. The Kier molecular flexibility index (Phi) is 4.30. The molecule has 1 aliphatic heterocycles. The van der Waals surface area contributed by atoms with Crippen molar-refractivity contribution in [3.8, 4) is 0 Å². The van der Waals surface area contributed by atoms with Crippen molar-refractivity contribution in [2.24, 2.45) is 10.7 Å². The monoisotopic (exact) mass is 357 g/mol. The number of alkyl halides is 2. The molecule has 4 nitrogen and oxygen atoms in total. The number of carbonyl (C=O) groups is 1. The van der Waals surface area contributed by atoms with E-state index in [-0.39, 0.29) is 17.4 Å². The van der Waals surface area contributed by atoms with Crippen LogP contribution in [0.3, 0.4) is 0 Å². The minimum absolute atomic E-state index is 0.0951. The summed E-state index contributed by atoms with van der Waals surface area (Å²) >= 11 is 0. The number of carbonyl (C=O) groups excluding carboxylic acids is 1. The molecule has 1 aliphatic rings. The van der Waals surface area contributed by atoms with Gasteiger partial charge in [0.2, 0.25) is 5.91 Å². The minimum atomic E-state index is -2.93. The molecular weight excluding hydrogens is 336 g/mol. The Morgan fingerprint density at radius 3 is 2.23 bits per heavy atom. The van der Waals surface area contributed by atoms with Gasteiger partial charge in [0.1, 0.15) is 5.54 Å². The van der Waals surface area contributed by atoms with Gasteiger partial charge in [0.15, 0.2) is 5.96 Å². The van der Waals surface area contributed by atoms with Crippen molar-refractivity contribution in [3.05, 3.63) is 71.3 Å². The predicted octanol–water partition coefficient (Wildman–Crippen LogP) is 3.58. The lowest BCUT2D eigenvalue weighted by Gasteiger charge is -2.41. The molecule has 0 unspecified atom stereocenters. The van der Waals surface area contributed by atoms with Crippen LogP contribution in [0.5, 0.6) is 0 Å². The predicted molar refractivity (Wildman–Crippen MR) is 96.9 cm³/mol. The Labute approximate surface area is 151 Å². The number of nitrogens with two attached hydrogens (primary N) is 1. The highest BCUT2D eigenvalue weighted by Gasteiger charge is 2.47. The topological polar surface area (TPSA) is 58.7 Å². The largest absolute Gasteiger partial charge is 0.369 e. The van der Waals surface area contributed by atoms with Crippen LogP contribution in [0.1, 0.15) is 36.5 Å². The van der Waals surface area contributed by atoms with Crippen LogP contribution >= 0.6 is 0 Å². The van der Waals surface area contributed by atoms with Gasteiger partial charge in [-0.15, -0.1) is 0 Å². The van der Waals surface area contributed by atoms with Crippen molar-refractivity contribution in [2.45, 2.75) is 31.2 Å². The Bertz CT molecular complexity index is 844. The fraction of sp³-hybridized carbons (Fsp3) is 0.300. The molecule has 2 atom stereocenters. The van der Waals surface area contributed by atoms with Crippen LogP contribution in [-0.4, -0.2) is 23.8 Å². The third kappa shape index (κ3) is 2.96. The summed E-state index contributed by atoms with van der Waals surface area (Å²) in [6.07, 6.45) is 0. The van der Waals surface area contributed by atoms with E-state index in [1.54, 1.807) is 19.2 Å². The molecule has 0 radical (unpaired) electrons. The van der Waals surface area contributed by atoms with Crippen LogP contribution in [0.25, 0.3) is 0 Å². The minimum Gasteiger partial charge on any atom is -0.369 e. The van der Waals surface area contributed by atoms with Gasteiger partial charge < -0.3 is 5.73 Å². The summed E-state index contributed by atoms with van der Waals surface area (Å²) in [6, 6.07) is 15.2. The lowest BCUT2D eigenvalue weighted by Crippen LogP contribution is -2.52. The molecule has 2 N–H and O–H groups in total. The first-order chi connectivity index (χ1) is 12.1. The number of nitrogens with zero attached hydrogens (tertiary/aromatic N) is 2. The van der Waals surface area contributed by atoms with Crippen LogP contribution < -0.4 is 5.73 Å². The summed E-state index contributed by atoms with van der Waals surface area (Å²) < 4.78 is 27.0. The number of aliphatic imine (C=N–C) groups is 1. The van der Waals surface area contributed by atoms with E-state index in [9.17, 15) is 13.6 Å². The van der Waals surface area contributed by atoms with Crippen molar-refractivity contribution in [2.75, 3.05) is 7.05 Å². The summed E-state index contributed by atoms with van der Waals surface area (Å²) in [5, 5.41) is 0. The molecule has 3 rings (SSSR count). The lowest BCUT2D eigenvalue weighted by molar-refractivity contribution is -0.130. The van der Waals surface area contributed by atoms with Crippen LogP contribution in [0.2, 0.25) is 0 Å². The second-order valence-electron chi connectivity index (χ2n) is 6.82. The third-order valence-corrected chi connectivity index (χ3v) is 4.94. The molecule has 0 fully saturated rings. The summed E-state index contributed by atoms with van der Waals surface area (Å²) in [7, 11) is 1.56. The van der Waals surface area contributed by atoms with E-state index in [0.717, 1.165) is 12.5 Å². The zero-order valence-electron chi connectivity index (χ0n) is 14.9. The van der Waals surface area contributed by atoms with E-state index in [2.05, 4.69) is 4.99 Å². The maximum absolute atomic E-state index is 13.5. The summed E-state index contributed by atoms with van der Waals surface area (Å²) in [5.74, 6) is -3.69. The molecule has 1 heterocycles. The summed E-state index contributed by atoms with van der Waals surface area (Å²) in [5.41, 5.74) is 6.39. The normalized spacial score (nSPS) is 23.7. The number of hydrogen-bond acceptors (Lipinski definition) is 3. The Morgan fingerprint density at radius 2 is 1.69 bits per heavy atom. The maximum Gasteiger partial charge on any atom is 0.270 e. The fourth-order valence-electron chi connectivity index (χ4n) is 3.37. The number of benzene rings is 2. The molecule has 0 spiro atoms. The van der Waals surface area contributed by atoms with E-state index in [4.69, 9.17) is 5.73 Å². The van der Waals surface area contributed by atoms with Crippen molar-refractivity contribution < 1.29 is 13.6 Å². The van der Waals surface area contributed by atoms with Crippen molar-refractivity contribution in [1.82, 2.24) is 4.90 Å². The van der Waals surface area contributed by atoms with Gasteiger partial charge in [-0.1, -0.05) is 54.6 Å². The van der Waals surface area contributed by atoms with Crippen LogP contribution in [-0.2, 0) is 16.3 Å². The first-order valence-electron chi connectivity index (χ1n) is 8.31. The van der Waals surface area contributed by atoms with E-state index in [1.165, 1.54) is 17.0 Å². The molecule has 0 saturated carbocycles. The highest BCUT2D eigenvalue weighted by atomic mass is 19.3. The molecule has 2 aromatic rings. The first-order valence-corrected chi connectivity index (χ1v) is 8.31. The van der Waals surface area contributed by atoms with Crippen molar-refractivity contribution >= 4 is 11.9 Å². The number of halogens is 2. The molecule has 0 aromatic heterocycles. The number of likely N-dealkylation sites (N-methyl/N-ethyl adjacent to an activating group) is 1. The average molecular weight is 357 g/mol. The molecule has 0 aliphatic carbocycles. The van der Waals surface area contributed by atoms with Crippen LogP contribution in [0.4, 0.5) is 8.78 Å². The zero-order chi connectivity index (χ0) is 19.1. The quantitative estimate of drug-likeness (QED) is 0.913. The summed E-state index contributed by atoms with van der Waals surface area (Å²) in [4.78, 5) is 18.9. The molecule has 2 aromatic carbocycles. The molecule has 26 heavy (non-hydrogen) atoms. The number of rotatable bonds is 3. The standard InChI is InChI=1S/C20H21F2N3O/c1-19(14-7-5-4-6-8-14)16(17(26)25(3)18(23)24-19)13-9-11-15(12-10-13)20(2,21)22/h4-12,16H,1-3H3,(H2,23,24)/t16-,19-/m1/s1. The number of amides is 1. The van der Waals surface area contributed by atoms with E-state index >= 15 is 0 Å². The van der Waals surface area contributed by atoms with Gasteiger partial charge in [0.25, 0.3) is 5.92 Å². The second-order valence-corrected chi connectivity index (χ2v) is 6.82. The van der Waals surface area contributed by atoms with Gasteiger partial charge in [-0.05, 0) is 18.1 Å². The lowest BCUT2D eigenvalue weighted by atomic mass is 9.74. The van der Waals surface area contributed by atoms with Crippen LogP contribution in [0.15, 0.2) is 59.6 Å². The van der Waals surface area contributed by atoms with E-state index in [1.807, 2.05) is 37.3 Å². The average Bonchev–Trinajstić information content (AvgIpc) is 2.60. The first kappa shape index (κ1) is 18.0. The van der Waals surface area contributed by atoms with Gasteiger partial charge in [-0.2, -0.15) is 0 Å². The SMILES string of the molecule is CN1C(=O)[C@@H](c2ccc(C(C)(F)F)cc2)[C@@](C)(c2ccccc2)N=C1N. The smallest absolute Gasteiger partial charge is 0.270 e. The highest BCUT2D eigenvalue weighted by Crippen LogP contribution is 2.44. The maximum atomic E-state index is 13.5. The molecule has 6 heteroatoms. The van der Waals surface area contributed by atoms with Crippen molar-refractivity contribution in [3.63, 3.8) is 0 Å². The van der Waals surface area contributed by atoms with Gasteiger partial charge in [-0.3, -0.25) is 9.69 Å². The fourth-order valence-corrected chi connectivity index (χ4v) is 3.37. The van der Waals surface area contributed by atoms with Crippen LogP contribution in [0, 0.1) is 0 Å². The number of hydrogen-bond donors (Lipinski definition) is 1. The Morgan fingerprint density at radius 1 is 1.12 bits per heavy atom. The van der Waals surface area contributed by atoms with Gasteiger partial charge >= 0.3 is 0 Å². The molecule has 136 valence electrons. The zero-order valence-corrected chi connectivity index (χ0v) is 14.9. The van der Waals surface area contributed by atoms with Gasteiger partial charge in [-0.25, -0.2) is 13.8 Å². The van der Waals surface area contributed by atoms with Crippen molar-refractivity contribution in [1.29, 1.82) is 0 Å². The van der Waals surface area contributed by atoms with Gasteiger partial charge in [0, 0.05) is 19.5 Å². The molecule has 1 amide bonds. The Balaban J connectivity index is 2.14.